The lowest BCUT2D eigenvalue weighted by Crippen LogP contribution is -2.67. The fourth-order valence-electron chi connectivity index (χ4n) is 12.4. The highest BCUT2D eigenvalue weighted by molar-refractivity contribution is 5.77. The summed E-state index contributed by atoms with van der Waals surface area (Å²) in [6.07, 6.45) is -15.6. The first-order valence-electron chi connectivity index (χ1n) is 22.0. The van der Waals surface area contributed by atoms with E-state index in [0.717, 1.165) is 44.1 Å². The third kappa shape index (κ3) is 8.02. The minimum absolute atomic E-state index is 0.0668. The summed E-state index contributed by atoms with van der Waals surface area (Å²) >= 11 is 0. The Morgan fingerprint density at radius 3 is 2.20 bits per heavy atom. The third-order valence-electron chi connectivity index (χ3n) is 15.6. The molecule has 4 aliphatic heterocycles. The second-order valence-electron chi connectivity index (χ2n) is 19.2. The highest BCUT2D eigenvalue weighted by atomic mass is 16.8. The molecule has 0 aromatic carbocycles. The standard InChI is InChI=1S/C42H66O18/c1-18-13-42(14-20-12-23-21(28(18)22(20)11-19(42)2)7-6-9-41(23,3)40(52)57-27-8-4-5-10-53-27)60-39-36(59-37-33(50)29(46)24(45)17-54-37)35(31(48)26(16-44)56-39)58-38-34(51)32(49)30(47)25(15-43)55-38/h18,20-39,43-51H,2,4-17H2,1,3H3/t18-,20?,21?,22?,23?,24+,25+,26+,27?,28?,29-,30+,31+,32-,33+,34+,35-,36+,37-,38-,39-,41+,42-/m0/s1. The van der Waals surface area contributed by atoms with Crippen LogP contribution in [0.15, 0.2) is 12.2 Å². The number of esters is 1. The number of aliphatic hydroxyl groups excluding tert-OH is 9. The van der Waals surface area contributed by atoms with Crippen molar-refractivity contribution in [3.63, 3.8) is 0 Å². The lowest BCUT2D eigenvalue weighted by molar-refractivity contribution is -0.395. The van der Waals surface area contributed by atoms with Gasteiger partial charge in [-0.2, -0.15) is 0 Å². The van der Waals surface area contributed by atoms with Gasteiger partial charge in [0.15, 0.2) is 18.9 Å². The zero-order valence-corrected chi connectivity index (χ0v) is 34.4. The predicted octanol–water partition coefficient (Wildman–Crippen LogP) is -1.04. The third-order valence-corrected chi connectivity index (χ3v) is 15.6. The van der Waals surface area contributed by atoms with Crippen LogP contribution in [0.1, 0.15) is 78.1 Å². The van der Waals surface area contributed by atoms with Gasteiger partial charge >= 0.3 is 5.97 Å². The van der Waals surface area contributed by atoms with Crippen molar-refractivity contribution >= 4 is 5.97 Å². The molecule has 0 radical (unpaired) electrons. The van der Waals surface area contributed by atoms with E-state index in [1.165, 1.54) is 0 Å². The lowest BCUT2D eigenvalue weighted by Gasteiger charge is -2.57. The molecule has 9 N–H and O–H groups in total. The minimum atomic E-state index is -1.88. The van der Waals surface area contributed by atoms with Gasteiger partial charge in [0, 0.05) is 6.42 Å². The topological polar surface area (TPSA) is 273 Å². The first kappa shape index (κ1) is 45.1. The molecule has 6 unspecified atom stereocenters. The fraction of sp³-hybridized carbons (Fsp3) is 0.929. The first-order chi connectivity index (χ1) is 28.6. The molecule has 5 aliphatic carbocycles. The van der Waals surface area contributed by atoms with Gasteiger partial charge < -0.3 is 83.9 Å². The van der Waals surface area contributed by atoms with Gasteiger partial charge in [0.1, 0.15) is 67.1 Å². The number of ether oxygens (including phenoxy) is 8. The smallest absolute Gasteiger partial charge is 0.314 e. The van der Waals surface area contributed by atoms with Crippen LogP contribution in [-0.4, -0.2) is 176 Å². The summed E-state index contributed by atoms with van der Waals surface area (Å²) in [6, 6.07) is 0. The van der Waals surface area contributed by atoms with Crippen LogP contribution < -0.4 is 0 Å². The summed E-state index contributed by atoms with van der Waals surface area (Å²) in [4.78, 5) is 14.1. The number of fused-ring (bicyclic) bond motifs is 3. The molecule has 60 heavy (non-hydrogen) atoms. The van der Waals surface area contributed by atoms with Gasteiger partial charge in [-0.05, 0) is 99.4 Å². The van der Waals surface area contributed by atoms with Crippen molar-refractivity contribution < 1.29 is 88.6 Å². The summed E-state index contributed by atoms with van der Waals surface area (Å²) < 4.78 is 49.0. The number of carbonyl (C=O) groups is 1. The molecule has 5 saturated carbocycles. The quantitative estimate of drug-likeness (QED) is 0.0722. The molecule has 9 aliphatic rings. The van der Waals surface area contributed by atoms with Gasteiger partial charge in [0.25, 0.3) is 0 Å². The number of hydrogen-bond donors (Lipinski definition) is 9. The van der Waals surface area contributed by atoms with Crippen molar-refractivity contribution in [3.05, 3.63) is 12.2 Å². The lowest BCUT2D eigenvalue weighted by atomic mass is 9.48. The Labute approximate surface area is 349 Å². The molecule has 18 nitrogen and oxygen atoms in total. The molecule has 18 heteroatoms. The Kier molecular flexibility index (Phi) is 13.4. The first-order valence-corrected chi connectivity index (χ1v) is 22.0. The van der Waals surface area contributed by atoms with E-state index in [-0.39, 0.29) is 35.6 Å². The van der Waals surface area contributed by atoms with Crippen LogP contribution in [0.3, 0.4) is 0 Å². The van der Waals surface area contributed by atoms with Crippen LogP contribution >= 0.6 is 0 Å². The molecule has 4 saturated heterocycles. The Morgan fingerprint density at radius 1 is 0.783 bits per heavy atom. The van der Waals surface area contributed by atoms with Crippen LogP contribution in [0.2, 0.25) is 0 Å². The van der Waals surface area contributed by atoms with Gasteiger partial charge in [-0.1, -0.05) is 19.9 Å². The zero-order chi connectivity index (χ0) is 42.8. The molecule has 0 spiro atoms. The minimum Gasteiger partial charge on any atom is -0.435 e. The number of aliphatic hydroxyl groups is 9. The average Bonchev–Trinajstić information content (AvgIpc) is 3.38. The van der Waals surface area contributed by atoms with Crippen LogP contribution in [-0.2, 0) is 42.7 Å². The van der Waals surface area contributed by atoms with E-state index >= 15 is 0 Å². The van der Waals surface area contributed by atoms with Crippen LogP contribution in [0.4, 0.5) is 0 Å². The molecule has 0 aromatic heterocycles. The van der Waals surface area contributed by atoms with Gasteiger partial charge in [-0.3, -0.25) is 4.79 Å². The maximum atomic E-state index is 14.1. The van der Waals surface area contributed by atoms with Crippen LogP contribution in [0.5, 0.6) is 0 Å². The largest absolute Gasteiger partial charge is 0.435 e. The molecule has 4 bridgehead atoms. The van der Waals surface area contributed by atoms with E-state index in [4.69, 9.17) is 37.9 Å². The SMILES string of the molecule is C=C1CC2C3CC4C(CCC[C@@]4(C)C(=O)OC4CCCCO4)C2[C@@H](C)C[C@]1(O[C@@H]1O[C@H](CO)[C@@H](O)[C@H](O[C@@H]2O[C@H](CO)[C@@H](O)[C@H](O)[C@H]2O)[C@H]1O[C@@H]1OC[C@@H](O)[C@H](O)[C@H]1O)C3. The van der Waals surface area contributed by atoms with E-state index in [1.807, 2.05) is 0 Å². The monoisotopic (exact) mass is 858 g/mol. The average molecular weight is 859 g/mol. The number of hydrogen-bond acceptors (Lipinski definition) is 18. The predicted molar refractivity (Wildman–Crippen MR) is 203 cm³/mol. The fourth-order valence-corrected chi connectivity index (χ4v) is 12.4. The highest BCUT2D eigenvalue weighted by Crippen LogP contribution is 2.66. The van der Waals surface area contributed by atoms with Crippen molar-refractivity contribution in [2.24, 2.45) is 40.9 Å². The van der Waals surface area contributed by atoms with E-state index in [9.17, 15) is 50.8 Å². The summed E-state index contributed by atoms with van der Waals surface area (Å²) in [5.41, 5.74) is -0.907. The van der Waals surface area contributed by atoms with Crippen molar-refractivity contribution in [1.82, 2.24) is 0 Å². The molecule has 4 heterocycles. The van der Waals surface area contributed by atoms with Crippen LogP contribution in [0.25, 0.3) is 0 Å². The van der Waals surface area contributed by atoms with Gasteiger partial charge in [0.05, 0.1) is 37.4 Å². The Hall–Kier alpha value is -1.43. The van der Waals surface area contributed by atoms with E-state index in [1.54, 1.807) is 0 Å². The van der Waals surface area contributed by atoms with E-state index in [0.29, 0.717) is 38.2 Å². The summed E-state index contributed by atoms with van der Waals surface area (Å²) in [7, 11) is 0. The molecule has 23 atom stereocenters. The molecular formula is C42H66O18. The summed E-state index contributed by atoms with van der Waals surface area (Å²) in [5, 5.41) is 95.8. The number of rotatable bonds is 10. The molecule has 0 amide bonds. The van der Waals surface area contributed by atoms with Crippen molar-refractivity contribution in [1.29, 1.82) is 0 Å². The van der Waals surface area contributed by atoms with Crippen molar-refractivity contribution in [3.8, 4) is 0 Å². The molecular weight excluding hydrogens is 792 g/mol. The molecule has 9 rings (SSSR count). The second kappa shape index (κ2) is 17.9. The van der Waals surface area contributed by atoms with Crippen molar-refractivity contribution in [2.45, 2.75) is 176 Å². The second-order valence-corrected chi connectivity index (χ2v) is 19.2. The summed E-state index contributed by atoms with van der Waals surface area (Å²) in [6.45, 7) is 7.51. The summed E-state index contributed by atoms with van der Waals surface area (Å²) in [5.74, 6) is 0.888. The zero-order valence-electron chi connectivity index (χ0n) is 34.4. The van der Waals surface area contributed by atoms with E-state index < -0.39 is 123 Å². The highest BCUT2D eigenvalue weighted by Gasteiger charge is 2.64. The Bertz CT molecular complexity index is 1510. The van der Waals surface area contributed by atoms with Crippen LogP contribution in [0, 0.1) is 40.9 Å². The maximum Gasteiger partial charge on any atom is 0.314 e. The molecule has 0 aromatic rings. The maximum absolute atomic E-state index is 14.1. The molecule has 342 valence electrons. The molecule has 9 fully saturated rings. The van der Waals surface area contributed by atoms with Gasteiger partial charge in [0.2, 0.25) is 6.29 Å². The van der Waals surface area contributed by atoms with Crippen molar-refractivity contribution in [2.75, 3.05) is 26.4 Å². The van der Waals surface area contributed by atoms with Gasteiger partial charge in [-0.15, -0.1) is 0 Å². The number of carbonyl (C=O) groups excluding carboxylic acids is 1. The normalized spacial score (nSPS) is 53.2. The Balaban J connectivity index is 1.10. The Morgan fingerprint density at radius 2 is 1.48 bits per heavy atom. The van der Waals surface area contributed by atoms with E-state index in [2.05, 4.69) is 20.4 Å². The van der Waals surface area contributed by atoms with Gasteiger partial charge in [-0.25, -0.2) is 0 Å².